The van der Waals surface area contributed by atoms with Gasteiger partial charge in [0.2, 0.25) is 5.89 Å². The lowest BCUT2D eigenvalue weighted by molar-refractivity contribution is -0.144. The van der Waals surface area contributed by atoms with Crippen molar-refractivity contribution in [3.63, 3.8) is 0 Å². The summed E-state index contributed by atoms with van der Waals surface area (Å²) >= 11 is 0. The molecule has 2 heterocycles. The van der Waals surface area contributed by atoms with Crippen molar-refractivity contribution in [3.05, 3.63) is 47.1 Å². The van der Waals surface area contributed by atoms with Crippen molar-refractivity contribution in [2.24, 2.45) is 0 Å². The van der Waals surface area contributed by atoms with Gasteiger partial charge in [-0.05, 0) is 17.5 Å². The number of fused-ring (bicyclic) bond motifs is 1. The second kappa shape index (κ2) is 5.65. The molecule has 1 N–H and O–H groups in total. The summed E-state index contributed by atoms with van der Waals surface area (Å²) in [5, 5.41) is 13.4. The summed E-state index contributed by atoms with van der Waals surface area (Å²) in [5.74, 6) is 0.268. The van der Waals surface area contributed by atoms with E-state index in [0.29, 0.717) is 31.2 Å². The van der Waals surface area contributed by atoms with Gasteiger partial charge in [-0.25, -0.2) is 0 Å². The predicted molar refractivity (Wildman–Crippen MR) is 74.6 cm³/mol. The maximum Gasteiger partial charge on any atom is 0.325 e. The SMILES string of the molecule is CCc1noc(CN2CCc3ccccc3C2C(=O)O)n1. The summed E-state index contributed by atoms with van der Waals surface area (Å²) in [4.78, 5) is 17.8. The van der Waals surface area contributed by atoms with Crippen molar-refractivity contribution in [1.82, 2.24) is 15.0 Å². The van der Waals surface area contributed by atoms with Crippen LogP contribution in [0.1, 0.15) is 35.8 Å². The van der Waals surface area contributed by atoms with E-state index in [0.717, 1.165) is 17.5 Å². The zero-order valence-corrected chi connectivity index (χ0v) is 11.8. The Morgan fingerprint density at radius 2 is 2.29 bits per heavy atom. The number of benzene rings is 1. The first-order chi connectivity index (χ1) is 10.2. The van der Waals surface area contributed by atoms with Crippen LogP contribution in [-0.4, -0.2) is 32.7 Å². The molecule has 0 amide bonds. The zero-order valence-electron chi connectivity index (χ0n) is 11.8. The van der Waals surface area contributed by atoms with Crippen molar-refractivity contribution >= 4 is 5.97 Å². The third-order valence-corrected chi connectivity index (χ3v) is 3.78. The Bertz CT molecular complexity index is 653. The molecular weight excluding hydrogens is 270 g/mol. The van der Waals surface area contributed by atoms with Crippen molar-refractivity contribution < 1.29 is 14.4 Å². The first-order valence-electron chi connectivity index (χ1n) is 7.05. The number of rotatable bonds is 4. The summed E-state index contributed by atoms with van der Waals surface area (Å²) < 4.78 is 5.18. The molecule has 1 aromatic carbocycles. The van der Waals surface area contributed by atoms with E-state index >= 15 is 0 Å². The normalized spacial score (nSPS) is 18.4. The molecule has 1 unspecified atom stereocenters. The largest absolute Gasteiger partial charge is 0.480 e. The lowest BCUT2D eigenvalue weighted by atomic mass is 9.92. The Morgan fingerprint density at radius 1 is 1.48 bits per heavy atom. The summed E-state index contributed by atoms with van der Waals surface area (Å²) in [6, 6.07) is 7.03. The van der Waals surface area contributed by atoms with Gasteiger partial charge in [0, 0.05) is 13.0 Å². The van der Waals surface area contributed by atoms with Crippen LogP contribution < -0.4 is 0 Å². The Balaban J connectivity index is 1.87. The number of carboxylic acids is 1. The number of nitrogens with zero attached hydrogens (tertiary/aromatic N) is 3. The molecule has 1 aliphatic heterocycles. The predicted octanol–water partition coefficient (Wildman–Crippen LogP) is 1.82. The first-order valence-corrected chi connectivity index (χ1v) is 7.05. The van der Waals surface area contributed by atoms with Gasteiger partial charge in [0.05, 0.1) is 6.54 Å². The molecule has 0 radical (unpaired) electrons. The number of aryl methyl sites for hydroxylation is 1. The van der Waals surface area contributed by atoms with E-state index in [9.17, 15) is 9.90 Å². The molecule has 110 valence electrons. The minimum Gasteiger partial charge on any atom is -0.480 e. The van der Waals surface area contributed by atoms with Crippen LogP contribution in [0.25, 0.3) is 0 Å². The molecular formula is C15H17N3O3. The van der Waals surface area contributed by atoms with Crippen molar-refractivity contribution in [1.29, 1.82) is 0 Å². The molecule has 0 saturated heterocycles. The average molecular weight is 287 g/mol. The smallest absolute Gasteiger partial charge is 0.325 e. The second-order valence-corrected chi connectivity index (χ2v) is 5.12. The molecule has 1 atom stereocenters. The monoisotopic (exact) mass is 287 g/mol. The summed E-state index contributed by atoms with van der Waals surface area (Å²) in [6.45, 7) is 2.97. The molecule has 0 spiro atoms. The Hall–Kier alpha value is -2.21. The van der Waals surface area contributed by atoms with Crippen LogP contribution in [0.15, 0.2) is 28.8 Å². The summed E-state index contributed by atoms with van der Waals surface area (Å²) in [5.41, 5.74) is 1.95. The molecule has 6 nitrogen and oxygen atoms in total. The van der Waals surface area contributed by atoms with Gasteiger partial charge < -0.3 is 9.63 Å². The van der Waals surface area contributed by atoms with E-state index in [-0.39, 0.29) is 0 Å². The fraction of sp³-hybridized carbons (Fsp3) is 0.400. The molecule has 1 aliphatic rings. The minimum absolute atomic E-state index is 0.359. The lowest BCUT2D eigenvalue weighted by Gasteiger charge is -2.33. The van der Waals surface area contributed by atoms with Crippen LogP contribution in [0.2, 0.25) is 0 Å². The Kier molecular flexibility index (Phi) is 3.70. The number of carboxylic acid groups (broad SMARTS) is 1. The Morgan fingerprint density at radius 3 is 3.00 bits per heavy atom. The third kappa shape index (κ3) is 2.67. The van der Waals surface area contributed by atoms with E-state index < -0.39 is 12.0 Å². The molecule has 21 heavy (non-hydrogen) atoms. The highest BCUT2D eigenvalue weighted by molar-refractivity contribution is 5.76. The van der Waals surface area contributed by atoms with E-state index in [1.54, 1.807) is 0 Å². The van der Waals surface area contributed by atoms with E-state index in [1.165, 1.54) is 0 Å². The van der Waals surface area contributed by atoms with Crippen LogP contribution >= 0.6 is 0 Å². The summed E-state index contributed by atoms with van der Waals surface area (Å²) in [6.07, 6.45) is 1.53. The maximum absolute atomic E-state index is 11.7. The van der Waals surface area contributed by atoms with Crippen molar-refractivity contribution in [2.45, 2.75) is 32.4 Å². The molecule has 0 aliphatic carbocycles. The van der Waals surface area contributed by atoms with Crippen LogP contribution in [0.4, 0.5) is 0 Å². The van der Waals surface area contributed by atoms with E-state index in [2.05, 4.69) is 10.1 Å². The van der Waals surface area contributed by atoms with Crippen molar-refractivity contribution in [2.75, 3.05) is 6.54 Å². The second-order valence-electron chi connectivity index (χ2n) is 5.12. The van der Waals surface area contributed by atoms with Crippen molar-refractivity contribution in [3.8, 4) is 0 Å². The number of hydrogen-bond donors (Lipinski definition) is 1. The summed E-state index contributed by atoms with van der Waals surface area (Å²) in [7, 11) is 0. The highest BCUT2D eigenvalue weighted by Gasteiger charge is 2.33. The van der Waals surface area contributed by atoms with Gasteiger partial charge in [-0.2, -0.15) is 4.98 Å². The van der Waals surface area contributed by atoms with Crippen LogP contribution in [-0.2, 0) is 24.2 Å². The third-order valence-electron chi connectivity index (χ3n) is 3.78. The van der Waals surface area contributed by atoms with Gasteiger partial charge >= 0.3 is 5.97 Å². The fourth-order valence-corrected chi connectivity index (χ4v) is 2.75. The lowest BCUT2D eigenvalue weighted by Crippen LogP contribution is -2.39. The number of aromatic nitrogens is 2. The van der Waals surface area contributed by atoms with Gasteiger partial charge in [0.15, 0.2) is 5.82 Å². The van der Waals surface area contributed by atoms with Gasteiger partial charge in [-0.1, -0.05) is 36.3 Å². The molecule has 0 saturated carbocycles. The quantitative estimate of drug-likeness (QED) is 0.924. The topological polar surface area (TPSA) is 79.5 Å². The standard InChI is InChI=1S/C15H17N3O3/c1-2-12-16-13(21-17-12)9-18-8-7-10-5-3-4-6-11(10)14(18)15(19)20/h3-6,14H,2,7-9H2,1H3,(H,19,20). The molecule has 1 aromatic heterocycles. The first kappa shape index (κ1) is 13.8. The van der Waals surface area contributed by atoms with E-state index in [4.69, 9.17) is 4.52 Å². The average Bonchev–Trinajstić information content (AvgIpc) is 2.94. The van der Waals surface area contributed by atoms with Gasteiger partial charge in [0.25, 0.3) is 0 Å². The number of carbonyl (C=O) groups is 1. The highest BCUT2D eigenvalue weighted by Crippen LogP contribution is 2.30. The molecule has 6 heteroatoms. The fourth-order valence-electron chi connectivity index (χ4n) is 2.75. The maximum atomic E-state index is 11.7. The molecule has 2 aromatic rings. The van der Waals surface area contributed by atoms with Crippen LogP contribution in [0.5, 0.6) is 0 Å². The molecule has 0 fully saturated rings. The highest BCUT2D eigenvalue weighted by atomic mass is 16.5. The molecule has 0 bridgehead atoms. The van der Waals surface area contributed by atoms with E-state index in [1.807, 2.05) is 36.1 Å². The molecule has 3 rings (SSSR count). The minimum atomic E-state index is -0.850. The van der Waals surface area contributed by atoms with Gasteiger partial charge in [-0.3, -0.25) is 9.69 Å². The number of hydrogen-bond acceptors (Lipinski definition) is 5. The Labute approximate surface area is 122 Å². The zero-order chi connectivity index (χ0) is 14.8. The van der Waals surface area contributed by atoms with Crippen LogP contribution in [0, 0.1) is 0 Å². The van der Waals surface area contributed by atoms with Crippen LogP contribution in [0.3, 0.4) is 0 Å². The van der Waals surface area contributed by atoms with Gasteiger partial charge in [-0.15, -0.1) is 0 Å². The number of aliphatic carboxylic acids is 1. The van der Waals surface area contributed by atoms with Gasteiger partial charge in [0.1, 0.15) is 6.04 Å².